The van der Waals surface area contributed by atoms with Crippen molar-refractivity contribution in [2.75, 3.05) is 22.9 Å². The quantitative estimate of drug-likeness (QED) is 0.860. The van der Waals surface area contributed by atoms with Crippen molar-refractivity contribution in [3.63, 3.8) is 0 Å². The first-order valence-corrected chi connectivity index (χ1v) is 7.99. The molecule has 0 aliphatic carbocycles. The standard InChI is InChI=1S/C16H19FN6/c1-3-13-15(17)16(20-9-19-13)22-7-11-6-12(8-22)23(11)14-4-5-18-10(2)21-14/h4-5,9,11-12H,3,6-8H2,1-2H3. The van der Waals surface area contributed by atoms with Crippen LogP contribution in [0.2, 0.25) is 0 Å². The number of fused-ring (bicyclic) bond motifs is 2. The number of hydrogen-bond acceptors (Lipinski definition) is 6. The number of hydrogen-bond donors (Lipinski definition) is 0. The predicted molar refractivity (Wildman–Crippen MR) is 85.0 cm³/mol. The maximum absolute atomic E-state index is 14.5. The van der Waals surface area contributed by atoms with E-state index in [0.717, 1.165) is 31.2 Å². The number of piperidine rings is 1. The fourth-order valence-corrected chi connectivity index (χ4v) is 3.61. The Balaban J connectivity index is 1.56. The molecule has 0 N–H and O–H groups in total. The van der Waals surface area contributed by atoms with E-state index in [1.165, 1.54) is 6.33 Å². The molecule has 0 amide bonds. The molecule has 3 saturated heterocycles. The Hall–Kier alpha value is -2.31. The molecule has 2 bridgehead atoms. The van der Waals surface area contributed by atoms with E-state index in [-0.39, 0.29) is 5.82 Å². The summed E-state index contributed by atoms with van der Waals surface area (Å²) < 4.78 is 14.5. The summed E-state index contributed by atoms with van der Waals surface area (Å²) in [4.78, 5) is 21.2. The molecule has 120 valence electrons. The summed E-state index contributed by atoms with van der Waals surface area (Å²) in [6.45, 7) is 5.32. The molecular weight excluding hydrogens is 295 g/mol. The zero-order valence-electron chi connectivity index (χ0n) is 13.3. The molecule has 2 aromatic heterocycles. The highest BCUT2D eigenvalue weighted by Crippen LogP contribution is 2.37. The third-order valence-electron chi connectivity index (χ3n) is 4.70. The maximum atomic E-state index is 14.5. The van der Waals surface area contributed by atoms with Gasteiger partial charge in [0.15, 0.2) is 11.6 Å². The summed E-state index contributed by atoms with van der Waals surface area (Å²) in [7, 11) is 0. The van der Waals surface area contributed by atoms with Crippen LogP contribution in [0.1, 0.15) is 24.9 Å². The highest BCUT2D eigenvalue weighted by Gasteiger charge is 2.46. The minimum absolute atomic E-state index is 0.277. The van der Waals surface area contributed by atoms with Crippen molar-refractivity contribution in [2.45, 2.75) is 38.8 Å². The summed E-state index contributed by atoms with van der Waals surface area (Å²) in [5, 5.41) is 0. The van der Waals surface area contributed by atoms with Gasteiger partial charge in [0.1, 0.15) is 18.0 Å². The number of rotatable bonds is 3. The lowest BCUT2D eigenvalue weighted by Crippen LogP contribution is -2.69. The molecular formula is C16H19FN6. The molecule has 0 radical (unpaired) electrons. The fraction of sp³-hybridized carbons (Fsp3) is 0.500. The largest absolute Gasteiger partial charge is 0.350 e. The summed E-state index contributed by atoms with van der Waals surface area (Å²) in [5.41, 5.74) is 0.484. The van der Waals surface area contributed by atoms with E-state index in [1.807, 2.05) is 24.8 Å². The van der Waals surface area contributed by atoms with Crippen LogP contribution >= 0.6 is 0 Å². The molecule has 2 atom stereocenters. The Kier molecular flexibility index (Phi) is 3.36. The van der Waals surface area contributed by atoms with E-state index in [2.05, 4.69) is 24.8 Å². The van der Waals surface area contributed by atoms with Gasteiger partial charge < -0.3 is 9.80 Å². The number of nitrogens with zero attached hydrogens (tertiary/aromatic N) is 6. The van der Waals surface area contributed by atoms with Crippen molar-refractivity contribution in [3.8, 4) is 0 Å². The topological polar surface area (TPSA) is 58.0 Å². The Morgan fingerprint density at radius 2 is 2.00 bits per heavy atom. The van der Waals surface area contributed by atoms with Crippen molar-refractivity contribution in [3.05, 3.63) is 35.9 Å². The second kappa shape index (κ2) is 5.40. The first-order valence-electron chi connectivity index (χ1n) is 7.99. The van der Waals surface area contributed by atoms with Gasteiger partial charge in [-0.25, -0.2) is 24.3 Å². The molecule has 7 heteroatoms. The van der Waals surface area contributed by atoms with E-state index >= 15 is 0 Å². The average molecular weight is 314 g/mol. The summed E-state index contributed by atoms with van der Waals surface area (Å²) in [6, 6.07) is 2.65. The number of aromatic nitrogens is 4. The molecule has 0 spiro atoms. The SMILES string of the molecule is CCc1ncnc(N2CC3CC(C2)N3c2ccnc(C)n2)c1F. The van der Waals surface area contributed by atoms with Crippen molar-refractivity contribution in [1.82, 2.24) is 19.9 Å². The molecule has 0 saturated carbocycles. The van der Waals surface area contributed by atoms with Gasteiger partial charge in [0, 0.05) is 19.3 Å². The lowest BCUT2D eigenvalue weighted by Gasteiger charge is -2.57. The number of anilines is 2. The van der Waals surface area contributed by atoms with Crippen LogP contribution in [0.25, 0.3) is 0 Å². The van der Waals surface area contributed by atoms with Gasteiger partial charge in [0.2, 0.25) is 0 Å². The van der Waals surface area contributed by atoms with Gasteiger partial charge in [-0.3, -0.25) is 0 Å². The van der Waals surface area contributed by atoms with Crippen molar-refractivity contribution in [1.29, 1.82) is 0 Å². The first-order chi connectivity index (χ1) is 11.2. The molecule has 2 aromatic rings. The summed E-state index contributed by atoms with van der Waals surface area (Å²) in [5.74, 6) is 1.90. The van der Waals surface area contributed by atoms with E-state index in [4.69, 9.17) is 0 Å². The Morgan fingerprint density at radius 1 is 1.22 bits per heavy atom. The second-order valence-electron chi connectivity index (χ2n) is 6.13. The van der Waals surface area contributed by atoms with Crippen molar-refractivity contribution in [2.24, 2.45) is 0 Å². The van der Waals surface area contributed by atoms with Gasteiger partial charge in [0.05, 0.1) is 17.8 Å². The highest BCUT2D eigenvalue weighted by atomic mass is 19.1. The van der Waals surface area contributed by atoms with Gasteiger partial charge in [-0.05, 0) is 25.8 Å². The zero-order valence-corrected chi connectivity index (χ0v) is 13.3. The van der Waals surface area contributed by atoms with E-state index in [9.17, 15) is 4.39 Å². The highest BCUT2D eigenvalue weighted by molar-refractivity contribution is 5.52. The third kappa shape index (κ3) is 2.31. The Morgan fingerprint density at radius 3 is 2.70 bits per heavy atom. The van der Waals surface area contributed by atoms with E-state index in [0.29, 0.717) is 30.0 Å². The van der Waals surface area contributed by atoms with Gasteiger partial charge in [-0.15, -0.1) is 0 Å². The summed E-state index contributed by atoms with van der Waals surface area (Å²) >= 11 is 0. The smallest absolute Gasteiger partial charge is 0.187 e. The van der Waals surface area contributed by atoms with Crippen LogP contribution in [0.3, 0.4) is 0 Å². The minimum Gasteiger partial charge on any atom is -0.350 e. The predicted octanol–water partition coefficient (Wildman–Crippen LogP) is 1.74. The number of halogens is 1. The van der Waals surface area contributed by atoms with Crippen LogP contribution < -0.4 is 9.80 Å². The minimum atomic E-state index is -0.277. The summed E-state index contributed by atoms with van der Waals surface area (Å²) in [6.07, 6.45) is 4.95. The van der Waals surface area contributed by atoms with Crippen LogP contribution in [-0.4, -0.2) is 45.1 Å². The first kappa shape index (κ1) is 14.3. The Labute approximate surface area is 134 Å². The lowest BCUT2D eigenvalue weighted by atomic mass is 9.87. The van der Waals surface area contributed by atoms with Gasteiger partial charge in [-0.2, -0.15) is 0 Å². The molecule has 3 aliphatic rings. The molecule has 23 heavy (non-hydrogen) atoms. The molecule has 5 rings (SSSR count). The normalized spacial score (nSPS) is 22.9. The fourth-order valence-electron chi connectivity index (χ4n) is 3.61. The molecule has 2 unspecified atom stereocenters. The molecule has 6 nitrogen and oxygen atoms in total. The van der Waals surface area contributed by atoms with Gasteiger partial charge in [-0.1, -0.05) is 6.92 Å². The van der Waals surface area contributed by atoms with Crippen molar-refractivity contribution >= 4 is 11.6 Å². The van der Waals surface area contributed by atoms with E-state index in [1.54, 1.807) is 6.20 Å². The maximum Gasteiger partial charge on any atom is 0.187 e. The third-order valence-corrected chi connectivity index (χ3v) is 4.70. The number of aryl methyl sites for hydroxylation is 2. The monoisotopic (exact) mass is 314 g/mol. The average Bonchev–Trinajstić information content (AvgIpc) is 2.55. The van der Waals surface area contributed by atoms with Crippen molar-refractivity contribution < 1.29 is 4.39 Å². The zero-order chi connectivity index (χ0) is 16.0. The van der Waals surface area contributed by atoms with Gasteiger partial charge in [0.25, 0.3) is 0 Å². The second-order valence-corrected chi connectivity index (χ2v) is 6.13. The van der Waals surface area contributed by atoms with E-state index < -0.39 is 0 Å². The molecule has 0 aromatic carbocycles. The lowest BCUT2D eigenvalue weighted by molar-refractivity contribution is 0.286. The van der Waals surface area contributed by atoms with Crippen LogP contribution in [0.4, 0.5) is 16.0 Å². The molecule has 3 fully saturated rings. The Bertz CT molecular complexity index is 724. The number of piperazine rings is 1. The van der Waals surface area contributed by atoms with Crippen LogP contribution in [0, 0.1) is 12.7 Å². The molecule has 3 aliphatic heterocycles. The molecule has 5 heterocycles. The van der Waals surface area contributed by atoms with Gasteiger partial charge >= 0.3 is 0 Å². The van der Waals surface area contributed by atoms with Crippen LogP contribution in [0.5, 0.6) is 0 Å². The van der Waals surface area contributed by atoms with Crippen LogP contribution in [0.15, 0.2) is 18.6 Å². The van der Waals surface area contributed by atoms with Crippen LogP contribution in [-0.2, 0) is 6.42 Å².